The van der Waals surface area contributed by atoms with E-state index in [2.05, 4.69) is 42.1 Å². The van der Waals surface area contributed by atoms with Gasteiger partial charge in [0, 0.05) is 25.9 Å². The Labute approximate surface area is 500 Å². The van der Waals surface area contributed by atoms with Gasteiger partial charge in [-0.05, 0) is 108 Å². The molecule has 2 aliphatic rings. The average Bonchev–Trinajstić information content (AvgIpc) is 4.55. The van der Waals surface area contributed by atoms with Crippen molar-refractivity contribution in [3.05, 3.63) is 161 Å². The smallest absolute Gasteiger partial charge is 0.245 e. The molecule has 446 valence electrons. The molecule has 3 heterocycles. The standard InChI is InChI=1S/C63H80N10O8.2ClH/c1-42(64-3)58(76)66-48(62(80)72-39-23-35-52(72)60(78)68-56(44-25-11-5-12-26-44)45-27-13-6-14-28-45)33-19-9-21-37-54(74)50-41-51(71-70-50)55(75)38-22-10-20-34-49(67-59(77)43(2)65-4)63(81)73-40-24-36-53(73)61(79)69-57(46-29-15-7-16-30-46)47-31-17-8-18-32-47;;/h5-8,11-18,25-32,41-43,48-49,52-53,56-57,64-65H,9-10,19-24,33-40H2,1-4H3,(H,66,76)(H,67,77)(H,68,78)(H,69,79)(H,70,71);2*1H/t42-,43-,48-,49-,52-,53-;;/m0../s1. The van der Waals surface area contributed by atoms with Crippen molar-refractivity contribution >= 4 is 71.8 Å². The number of rotatable bonds is 30. The number of carbonyl (C=O) groups is 8. The number of nitrogens with one attached hydrogen (secondary N) is 7. The fourth-order valence-corrected chi connectivity index (χ4v) is 10.6. The highest BCUT2D eigenvalue weighted by Crippen LogP contribution is 2.28. The Balaban J connectivity index is 0.00000631. The molecule has 6 amide bonds. The molecule has 2 aliphatic heterocycles. The van der Waals surface area contributed by atoms with Gasteiger partial charge in [0.15, 0.2) is 11.6 Å². The first-order valence-electron chi connectivity index (χ1n) is 28.8. The molecule has 0 spiro atoms. The average molecular weight is 1180 g/mol. The Morgan fingerprint density at radius 1 is 0.506 bits per heavy atom. The molecule has 6 atom stereocenters. The van der Waals surface area contributed by atoms with Gasteiger partial charge in [-0.2, -0.15) is 5.10 Å². The van der Waals surface area contributed by atoms with E-state index in [-0.39, 0.29) is 96.1 Å². The van der Waals surface area contributed by atoms with Gasteiger partial charge in [0.1, 0.15) is 35.6 Å². The van der Waals surface area contributed by atoms with Crippen LogP contribution in [0.3, 0.4) is 0 Å². The number of likely N-dealkylation sites (tertiary alicyclic amines) is 2. The van der Waals surface area contributed by atoms with Gasteiger partial charge in [0.05, 0.1) is 24.2 Å². The molecule has 2 saturated heterocycles. The number of hydrogen-bond acceptors (Lipinski definition) is 11. The number of hydrogen-bond donors (Lipinski definition) is 7. The highest BCUT2D eigenvalue weighted by Gasteiger charge is 2.40. The minimum absolute atomic E-state index is 0. The molecule has 0 aliphatic carbocycles. The number of aromatic nitrogens is 2. The van der Waals surface area contributed by atoms with Crippen LogP contribution in [0.5, 0.6) is 0 Å². The Hall–Kier alpha value is -7.25. The number of H-pyrrole nitrogens is 1. The van der Waals surface area contributed by atoms with Crippen molar-refractivity contribution < 1.29 is 38.4 Å². The molecule has 0 unspecified atom stereocenters. The van der Waals surface area contributed by atoms with Crippen molar-refractivity contribution in [2.75, 3.05) is 27.2 Å². The molecule has 7 rings (SSSR count). The summed E-state index contributed by atoms with van der Waals surface area (Å²) in [6.45, 7) is 4.17. The molecule has 18 nitrogen and oxygen atoms in total. The monoisotopic (exact) mass is 1180 g/mol. The summed E-state index contributed by atoms with van der Waals surface area (Å²) >= 11 is 0. The molecule has 4 aromatic carbocycles. The summed E-state index contributed by atoms with van der Waals surface area (Å²) in [6, 6.07) is 35.1. The number of amides is 6. The number of nitrogens with zero attached hydrogens (tertiary/aromatic N) is 3. The quantitative estimate of drug-likeness (QED) is 0.0175. The van der Waals surface area contributed by atoms with Gasteiger partial charge >= 0.3 is 0 Å². The number of Topliss-reactive ketones (excluding diaryl/α,β-unsaturated/α-hetero) is 2. The SMILES string of the molecule is CN[C@@H](C)C(=O)N[C@@H](CCCCCC(=O)c1cc(C(=O)CCCCC[C@H](NC(=O)[C@H](C)NC)C(=O)N2CCC[C@H]2C(=O)NC(c2ccccc2)c2ccccc2)[nH]n1)C(=O)N1CCC[C@H]1C(=O)NC(c1ccccc1)c1ccccc1.Cl.Cl. The molecule has 2 fully saturated rings. The first kappa shape index (κ1) is 66.5. The second kappa shape index (κ2) is 33.8. The summed E-state index contributed by atoms with van der Waals surface area (Å²) in [5.41, 5.74) is 4.03. The van der Waals surface area contributed by atoms with Gasteiger partial charge in [0.2, 0.25) is 35.4 Å². The Morgan fingerprint density at radius 3 is 1.23 bits per heavy atom. The number of aromatic amines is 1. The highest BCUT2D eigenvalue weighted by molar-refractivity contribution is 5.99. The maximum absolute atomic E-state index is 14.3. The van der Waals surface area contributed by atoms with Gasteiger partial charge < -0.3 is 41.7 Å². The van der Waals surface area contributed by atoms with E-state index in [1.807, 2.05) is 121 Å². The highest BCUT2D eigenvalue weighted by atomic mass is 35.5. The van der Waals surface area contributed by atoms with Gasteiger partial charge in [-0.25, -0.2) is 0 Å². The Bertz CT molecular complexity index is 2610. The molecule has 20 heteroatoms. The zero-order valence-electron chi connectivity index (χ0n) is 48.0. The lowest BCUT2D eigenvalue weighted by atomic mass is 9.98. The fraction of sp³-hybridized carbons (Fsp3) is 0.444. The van der Waals surface area contributed by atoms with Crippen molar-refractivity contribution in [2.45, 2.75) is 152 Å². The van der Waals surface area contributed by atoms with Gasteiger partial charge in [-0.15, -0.1) is 24.8 Å². The van der Waals surface area contributed by atoms with Crippen molar-refractivity contribution in [2.24, 2.45) is 0 Å². The molecule has 1 aromatic heterocycles. The van der Waals surface area contributed by atoms with Crippen molar-refractivity contribution in [1.82, 2.24) is 51.9 Å². The molecule has 83 heavy (non-hydrogen) atoms. The second-order valence-corrected chi connectivity index (χ2v) is 21.3. The largest absolute Gasteiger partial charge is 0.343 e. The molecule has 0 radical (unpaired) electrons. The van der Waals surface area contributed by atoms with E-state index in [1.54, 1.807) is 37.7 Å². The minimum atomic E-state index is -0.879. The van der Waals surface area contributed by atoms with Crippen molar-refractivity contribution in [3.63, 3.8) is 0 Å². The van der Waals surface area contributed by atoms with Crippen LogP contribution in [0, 0.1) is 0 Å². The van der Waals surface area contributed by atoms with E-state index in [9.17, 15) is 38.4 Å². The summed E-state index contributed by atoms with van der Waals surface area (Å²) in [5, 5.41) is 25.0. The van der Waals surface area contributed by atoms with Crippen LogP contribution in [0.1, 0.15) is 159 Å². The summed E-state index contributed by atoms with van der Waals surface area (Å²) in [5.74, 6) is -2.29. The van der Waals surface area contributed by atoms with E-state index in [0.717, 1.165) is 22.3 Å². The number of benzene rings is 4. The molecular formula is C63H82Cl2N10O8. The lowest BCUT2D eigenvalue weighted by molar-refractivity contribution is -0.142. The molecule has 7 N–H and O–H groups in total. The molecule has 0 bridgehead atoms. The minimum Gasteiger partial charge on any atom is -0.343 e. The van der Waals surface area contributed by atoms with Crippen LogP contribution in [0.15, 0.2) is 127 Å². The Kier molecular flexibility index (Phi) is 27.1. The van der Waals surface area contributed by atoms with Crippen molar-refractivity contribution in [3.8, 4) is 0 Å². The predicted octanol–water partition coefficient (Wildman–Crippen LogP) is 7.50. The van der Waals surface area contributed by atoms with Gasteiger partial charge in [0.25, 0.3) is 0 Å². The summed E-state index contributed by atoms with van der Waals surface area (Å²) < 4.78 is 0. The maximum atomic E-state index is 14.3. The number of halogens is 2. The van der Waals surface area contributed by atoms with Gasteiger partial charge in [-0.1, -0.05) is 147 Å². The maximum Gasteiger partial charge on any atom is 0.245 e. The van der Waals surface area contributed by atoms with Crippen LogP contribution >= 0.6 is 24.8 Å². The second-order valence-electron chi connectivity index (χ2n) is 21.3. The molecule has 5 aromatic rings. The van der Waals surface area contributed by atoms with Crippen LogP contribution in [0.4, 0.5) is 0 Å². The fourth-order valence-electron chi connectivity index (χ4n) is 10.6. The first-order valence-corrected chi connectivity index (χ1v) is 28.8. The lowest BCUT2D eigenvalue weighted by Crippen LogP contribution is -2.55. The predicted molar refractivity (Wildman–Crippen MR) is 324 cm³/mol. The molecular weight excluding hydrogens is 1100 g/mol. The number of ketones is 2. The number of unbranched alkanes of at least 4 members (excludes halogenated alkanes) is 4. The number of carbonyl (C=O) groups excluding carboxylic acids is 8. The number of likely N-dealkylation sites (N-methyl/N-ethyl adjacent to an activating group) is 2. The van der Waals surface area contributed by atoms with Crippen LogP contribution in [-0.4, -0.2) is 130 Å². The van der Waals surface area contributed by atoms with Gasteiger partial charge in [-0.3, -0.25) is 43.5 Å². The van der Waals surface area contributed by atoms with E-state index < -0.39 is 48.3 Å². The van der Waals surface area contributed by atoms with Crippen molar-refractivity contribution in [1.29, 1.82) is 0 Å². The third kappa shape index (κ3) is 18.6. The third-order valence-corrected chi connectivity index (χ3v) is 15.6. The van der Waals surface area contributed by atoms with E-state index in [1.165, 1.54) is 6.07 Å². The van der Waals surface area contributed by atoms with E-state index in [0.29, 0.717) is 90.1 Å². The van der Waals surface area contributed by atoms with E-state index >= 15 is 0 Å². The van der Waals surface area contributed by atoms with E-state index in [4.69, 9.17) is 0 Å². The van der Waals surface area contributed by atoms with Crippen LogP contribution in [0.2, 0.25) is 0 Å². The lowest BCUT2D eigenvalue weighted by Gasteiger charge is -2.30. The topological polar surface area (TPSA) is 244 Å². The zero-order valence-corrected chi connectivity index (χ0v) is 49.6. The zero-order chi connectivity index (χ0) is 57.7. The Morgan fingerprint density at radius 2 is 0.867 bits per heavy atom. The summed E-state index contributed by atoms with van der Waals surface area (Å²) in [7, 11) is 3.33. The first-order chi connectivity index (χ1) is 39.3. The van der Waals surface area contributed by atoms with Crippen LogP contribution in [-0.2, 0) is 28.8 Å². The summed E-state index contributed by atoms with van der Waals surface area (Å²) in [4.78, 5) is 113. The third-order valence-electron chi connectivity index (χ3n) is 15.6. The van der Waals surface area contributed by atoms with Crippen LogP contribution in [0.25, 0.3) is 0 Å². The normalized spacial score (nSPS) is 16.2. The van der Waals surface area contributed by atoms with Crippen LogP contribution < -0.4 is 31.9 Å². The molecule has 0 saturated carbocycles. The summed E-state index contributed by atoms with van der Waals surface area (Å²) in [6.07, 6.45) is 6.38.